The smallest absolute Gasteiger partial charge is 0.303 e. The van der Waals surface area contributed by atoms with Gasteiger partial charge in [0.1, 0.15) is 0 Å². The second-order valence-electron chi connectivity index (χ2n) is 7.14. The standard InChI is InChI=1S/C9H18O2.C8H16/c1-7(9(2,3)4)5-6-8(10)11;1-2-3-5-8-6-4-7-8/h7H,5-6H2,1-4H3,(H,10,11);8H,2-7H2,1H3. The van der Waals surface area contributed by atoms with Gasteiger partial charge in [0.05, 0.1) is 0 Å². The van der Waals surface area contributed by atoms with Crippen molar-refractivity contribution < 1.29 is 9.90 Å². The van der Waals surface area contributed by atoms with Gasteiger partial charge in [0.2, 0.25) is 0 Å². The molecule has 19 heavy (non-hydrogen) atoms. The molecule has 0 radical (unpaired) electrons. The molecule has 0 saturated heterocycles. The third-order valence-corrected chi connectivity index (χ3v) is 4.46. The molecule has 0 spiro atoms. The summed E-state index contributed by atoms with van der Waals surface area (Å²) in [6.07, 6.45) is 9.99. The molecular weight excluding hydrogens is 236 g/mol. The summed E-state index contributed by atoms with van der Waals surface area (Å²) in [4.78, 5) is 10.2. The molecule has 0 amide bonds. The molecule has 1 atom stereocenters. The van der Waals surface area contributed by atoms with Crippen molar-refractivity contribution in [2.24, 2.45) is 17.3 Å². The topological polar surface area (TPSA) is 37.3 Å². The zero-order valence-electron chi connectivity index (χ0n) is 13.7. The molecule has 2 heteroatoms. The van der Waals surface area contributed by atoms with Crippen LogP contribution in [-0.4, -0.2) is 11.1 Å². The number of carbonyl (C=O) groups is 1. The number of hydrogen-bond acceptors (Lipinski definition) is 1. The summed E-state index contributed by atoms with van der Waals surface area (Å²) < 4.78 is 0. The summed E-state index contributed by atoms with van der Waals surface area (Å²) in [7, 11) is 0. The van der Waals surface area contributed by atoms with Crippen LogP contribution in [0.5, 0.6) is 0 Å². The van der Waals surface area contributed by atoms with Crippen molar-refractivity contribution in [2.45, 2.75) is 86.0 Å². The number of unbranched alkanes of at least 4 members (excludes halogenated alkanes) is 1. The van der Waals surface area contributed by atoms with Crippen LogP contribution in [0.15, 0.2) is 0 Å². The first-order chi connectivity index (χ1) is 8.77. The highest BCUT2D eigenvalue weighted by molar-refractivity contribution is 5.66. The van der Waals surface area contributed by atoms with E-state index in [1.165, 1.54) is 38.5 Å². The van der Waals surface area contributed by atoms with Crippen LogP contribution in [0.1, 0.15) is 86.0 Å². The van der Waals surface area contributed by atoms with Gasteiger partial charge >= 0.3 is 5.97 Å². The molecule has 1 saturated carbocycles. The van der Waals surface area contributed by atoms with Crippen LogP contribution in [-0.2, 0) is 4.79 Å². The highest BCUT2D eigenvalue weighted by atomic mass is 16.4. The molecule has 1 rings (SSSR count). The Morgan fingerprint density at radius 2 is 1.89 bits per heavy atom. The van der Waals surface area contributed by atoms with Gasteiger partial charge in [0.15, 0.2) is 0 Å². The van der Waals surface area contributed by atoms with Crippen molar-refractivity contribution in [3.8, 4) is 0 Å². The molecule has 1 aliphatic rings. The molecule has 0 heterocycles. The van der Waals surface area contributed by atoms with Crippen molar-refractivity contribution in [1.29, 1.82) is 0 Å². The monoisotopic (exact) mass is 270 g/mol. The van der Waals surface area contributed by atoms with Gasteiger partial charge in [-0.1, -0.05) is 73.1 Å². The SMILES string of the molecule is CC(CCC(=O)O)C(C)(C)C.CCCCC1CCC1. The van der Waals surface area contributed by atoms with Crippen LogP contribution >= 0.6 is 0 Å². The van der Waals surface area contributed by atoms with Crippen molar-refractivity contribution in [3.05, 3.63) is 0 Å². The average Bonchev–Trinajstić information content (AvgIpc) is 2.23. The predicted molar refractivity (Wildman–Crippen MR) is 82.4 cm³/mol. The average molecular weight is 270 g/mol. The summed E-state index contributed by atoms with van der Waals surface area (Å²) >= 11 is 0. The first-order valence-electron chi connectivity index (χ1n) is 7.99. The van der Waals surface area contributed by atoms with Gasteiger partial charge in [0.25, 0.3) is 0 Å². The van der Waals surface area contributed by atoms with E-state index in [0.29, 0.717) is 12.3 Å². The largest absolute Gasteiger partial charge is 0.481 e. The normalized spacial score (nSPS) is 17.1. The molecule has 1 aliphatic carbocycles. The van der Waals surface area contributed by atoms with Gasteiger partial charge in [-0.05, 0) is 23.7 Å². The fraction of sp³-hybridized carbons (Fsp3) is 0.941. The lowest BCUT2D eigenvalue weighted by Gasteiger charge is -2.26. The lowest BCUT2D eigenvalue weighted by Crippen LogP contribution is -2.18. The van der Waals surface area contributed by atoms with Gasteiger partial charge in [-0.25, -0.2) is 0 Å². The molecule has 0 aliphatic heterocycles. The molecule has 0 aromatic heterocycles. The van der Waals surface area contributed by atoms with E-state index < -0.39 is 5.97 Å². The minimum atomic E-state index is -0.693. The molecule has 0 aromatic carbocycles. The third kappa shape index (κ3) is 9.98. The maximum atomic E-state index is 10.2. The lowest BCUT2D eigenvalue weighted by atomic mass is 9.79. The summed E-state index contributed by atoms with van der Waals surface area (Å²) in [5.41, 5.74) is 0.232. The fourth-order valence-corrected chi connectivity index (χ4v) is 2.05. The number of carboxylic acid groups (broad SMARTS) is 1. The van der Waals surface area contributed by atoms with Crippen molar-refractivity contribution in [1.82, 2.24) is 0 Å². The minimum absolute atomic E-state index is 0.232. The molecule has 114 valence electrons. The van der Waals surface area contributed by atoms with Crippen LogP contribution in [0.2, 0.25) is 0 Å². The Bertz CT molecular complexity index is 236. The quantitative estimate of drug-likeness (QED) is 0.691. The molecule has 0 bridgehead atoms. The Kier molecular flexibility index (Phi) is 9.12. The van der Waals surface area contributed by atoms with Crippen LogP contribution in [0, 0.1) is 17.3 Å². The molecule has 1 unspecified atom stereocenters. The lowest BCUT2D eigenvalue weighted by molar-refractivity contribution is -0.137. The van der Waals surface area contributed by atoms with E-state index in [4.69, 9.17) is 5.11 Å². The Hall–Kier alpha value is -0.530. The number of rotatable bonds is 6. The maximum Gasteiger partial charge on any atom is 0.303 e. The van der Waals surface area contributed by atoms with E-state index in [2.05, 4.69) is 34.6 Å². The Morgan fingerprint density at radius 1 is 1.32 bits per heavy atom. The third-order valence-electron chi connectivity index (χ3n) is 4.46. The Balaban J connectivity index is 0.000000356. The van der Waals surface area contributed by atoms with E-state index in [9.17, 15) is 4.79 Å². The summed E-state index contributed by atoms with van der Waals surface area (Å²) in [6.45, 7) is 10.8. The van der Waals surface area contributed by atoms with Crippen LogP contribution in [0.4, 0.5) is 0 Å². The van der Waals surface area contributed by atoms with E-state index in [0.717, 1.165) is 12.3 Å². The molecule has 2 nitrogen and oxygen atoms in total. The first kappa shape index (κ1) is 18.5. The predicted octanol–water partition coefficient (Wildman–Crippen LogP) is 5.51. The van der Waals surface area contributed by atoms with E-state index in [1.807, 2.05) is 0 Å². The number of carboxylic acids is 1. The highest BCUT2D eigenvalue weighted by Crippen LogP contribution is 2.30. The highest BCUT2D eigenvalue weighted by Gasteiger charge is 2.20. The van der Waals surface area contributed by atoms with Gasteiger partial charge in [-0.15, -0.1) is 0 Å². The zero-order valence-corrected chi connectivity index (χ0v) is 13.7. The number of hydrogen-bond donors (Lipinski definition) is 1. The summed E-state index contributed by atoms with van der Waals surface area (Å²) in [5.74, 6) is 0.912. The summed E-state index contributed by atoms with van der Waals surface area (Å²) in [6, 6.07) is 0. The van der Waals surface area contributed by atoms with Crippen molar-refractivity contribution in [3.63, 3.8) is 0 Å². The van der Waals surface area contributed by atoms with E-state index in [-0.39, 0.29) is 5.41 Å². The minimum Gasteiger partial charge on any atom is -0.481 e. The van der Waals surface area contributed by atoms with E-state index in [1.54, 1.807) is 0 Å². The van der Waals surface area contributed by atoms with Crippen LogP contribution < -0.4 is 0 Å². The van der Waals surface area contributed by atoms with E-state index >= 15 is 0 Å². The van der Waals surface area contributed by atoms with Gasteiger partial charge < -0.3 is 5.11 Å². The fourth-order valence-electron chi connectivity index (χ4n) is 2.05. The maximum absolute atomic E-state index is 10.2. The van der Waals surface area contributed by atoms with Crippen LogP contribution in [0.25, 0.3) is 0 Å². The molecule has 1 N–H and O–H groups in total. The Morgan fingerprint density at radius 3 is 2.21 bits per heavy atom. The molecule has 1 fully saturated rings. The Labute approximate surface area is 120 Å². The summed E-state index contributed by atoms with van der Waals surface area (Å²) in [5, 5.41) is 8.43. The molecule has 0 aromatic rings. The number of aliphatic carboxylic acids is 1. The second-order valence-corrected chi connectivity index (χ2v) is 7.14. The van der Waals surface area contributed by atoms with Crippen molar-refractivity contribution in [2.75, 3.05) is 0 Å². The van der Waals surface area contributed by atoms with Gasteiger partial charge in [-0.3, -0.25) is 4.79 Å². The van der Waals surface area contributed by atoms with Crippen molar-refractivity contribution >= 4 is 5.97 Å². The zero-order chi connectivity index (χ0) is 14.9. The molecular formula is C17H34O2. The second kappa shape index (κ2) is 9.39. The van der Waals surface area contributed by atoms with Gasteiger partial charge in [-0.2, -0.15) is 0 Å². The van der Waals surface area contributed by atoms with Gasteiger partial charge in [0, 0.05) is 6.42 Å². The first-order valence-corrected chi connectivity index (χ1v) is 7.99. The van der Waals surface area contributed by atoms with Crippen LogP contribution in [0.3, 0.4) is 0 Å².